The molecule has 0 aliphatic heterocycles. The summed E-state index contributed by atoms with van der Waals surface area (Å²) in [5.74, 6) is -0.473. The molecule has 5 heteroatoms. The molecule has 0 unspecified atom stereocenters. The van der Waals surface area contributed by atoms with Crippen molar-refractivity contribution < 1.29 is 9.53 Å². The van der Waals surface area contributed by atoms with Crippen molar-refractivity contribution in [2.75, 3.05) is 6.61 Å². The summed E-state index contributed by atoms with van der Waals surface area (Å²) >= 11 is 12.1. The molecule has 2 rings (SSSR count). The van der Waals surface area contributed by atoms with Crippen molar-refractivity contribution in [2.24, 2.45) is 0 Å². The van der Waals surface area contributed by atoms with Crippen LogP contribution in [0.2, 0.25) is 10.0 Å². The van der Waals surface area contributed by atoms with Crippen molar-refractivity contribution in [3.63, 3.8) is 0 Å². The number of rotatable bonds is 2. The minimum atomic E-state index is -0.473. The second-order valence-electron chi connectivity index (χ2n) is 3.78. The van der Waals surface area contributed by atoms with Crippen LogP contribution >= 0.6 is 23.2 Å². The maximum Gasteiger partial charge on any atom is 0.357 e. The summed E-state index contributed by atoms with van der Waals surface area (Å²) in [7, 11) is 0. The lowest BCUT2D eigenvalue weighted by molar-refractivity contribution is 0.0519. The number of fused-ring (bicyclic) bond motifs is 1. The predicted octanol–water partition coefficient (Wildman–Crippen LogP) is 4.03. The molecule has 1 aromatic carbocycles. The molecule has 1 heterocycles. The zero-order valence-electron chi connectivity index (χ0n) is 9.96. The molecule has 0 atom stereocenters. The zero-order valence-corrected chi connectivity index (χ0v) is 11.5. The van der Waals surface area contributed by atoms with Gasteiger partial charge in [-0.1, -0.05) is 23.2 Å². The zero-order chi connectivity index (χ0) is 13.3. The molecular formula is C13H11Cl2NO2. The van der Waals surface area contributed by atoms with Gasteiger partial charge in [0.2, 0.25) is 0 Å². The van der Waals surface area contributed by atoms with Gasteiger partial charge in [-0.3, -0.25) is 0 Å². The number of nitrogens with zero attached hydrogens (tertiary/aromatic N) is 1. The van der Waals surface area contributed by atoms with Crippen molar-refractivity contribution in [1.29, 1.82) is 0 Å². The second-order valence-corrected chi connectivity index (χ2v) is 4.60. The standard InChI is InChI=1S/C13H11Cl2NO2/c1-3-18-13(17)12-7(2)11(15)9-5-4-8(14)6-10(9)16-12/h4-6H,3H2,1-2H3. The molecule has 0 radical (unpaired) electrons. The van der Waals surface area contributed by atoms with E-state index >= 15 is 0 Å². The van der Waals surface area contributed by atoms with Crippen LogP contribution < -0.4 is 0 Å². The quantitative estimate of drug-likeness (QED) is 0.782. The maximum atomic E-state index is 11.8. The number of ether oxygens (including phenoxy) is 1. The van der Waals surface area contributed by atoms with E-state index in [9.17, 15) is 4.79 Å². The molecule has 0 aliphatic rings. The number of esters is 1. The molecular weight excluding hydrogens is 273 g/mol. The van der Waals surface area contributed by atoms with Crippen LogP contribution in [-0.4, -0.2) is 17.6 Å². The maximum absolute atomic E-state index is 11.8. The summed E-state index contributed by atoms with van der Waals surface area (Å²) in [5, 5.41) is 1.82. The van der Waals surface area contributed by atoms with E-state index in [-0.39, 0.29) is 5.69 Å². The third kappa shape index (κ3) is 2.28. The molecule has 3 nitrogen and oxygen atoms in total. The summed E-state index contributed by atoms with van der Waals surface area (Å²) in [5.41, 5.74) is 1.43. The fourth-order valence-corrected chi connectivity index (χ4v) is 2.11. The third-order valence-electron chi connectivity index (χ3n) is 2.58. The lowest BCUT2D eigenvalue weighted by Gasteiger charge is -2.09. The lowest BCUT2D eigenvalue weighted by Crippen LogP contribution is -2.10. The highest BCUT2D eigenvalue weighted by molar-refractivity contribution is 6.37. The van der Waals surface area contributed by atoms with E-state index in [1.165, 1.54) is 0 Å². The first-order chi connectivity index (χ1) is 8.54. The van der Waals surface area contributed by atoms with Crippen LogP contribution in [0.5, 0.6) is 0 Å². The normalized spacial score (nSPS) is 10.7. The van der Waals surface area contributed by atoms with E-state index in [0.717, 1.165) is 5.39 Å². The summed E-state index contributed by atoms with van der Waals surface area (Å²) in [4.78, 5) is 16.0. The predicted molar refractivity (Wildman–Crippen MR) is 72.5 cm³/mol. The Morgan fingerprint density at radius 3 is 2.78 bits per heavy atom. The van der Waals surface area contributed by atoms with Gasteiger partial charge >= 0.3 is 5.97 Å². The van der Waals surface area contributed by atoms with E-state index in [4.69, 9.17) is 27.9 Å². The van der Waals surface area contributed by atoms with Gasteiger partial charge < -0.3 is 4.74 Å². The first-order valence-corrected chi connectivity index (χ1v) is 6.22. The number of carbonyl (C=O) groups is 1. The fraction of sp³-hybridized carbons (Fsp3) is 0.231. The van der Waals surface area contributed by atoms with Crippen molar-refractivity contribution in [3.05, 3.63) is 39.5 Å². The third-order valence-corrected chi connectivity index (χ3v) is 3.30. The van der Waals surface area contributed by atoms with Gasteiger partial charge in [-0.05, 0) is 32.0 Å². The SMILES string of the molecule is CCOC(=O)c1nc2cc(Cl)ccc2c(Cl)c1C. The Morgan fingerprint density at radius 1 is 1.39 bits per heavy atom. The number of hydrogen-bond donors (Lipinski definition) is 0. The van der Waals surface area contributed by atoms with Crippen molar-refractivity contribution >= 4 is 40.1 Å². The Hall–Kier alpha value is -1.32. The van der Waals surface area contributed by atoms with Crippen molar-refractivity contribution in [3.8, 4) is 0 Å². The first kappa shape index (κ1) is 13.1. The van der Waals surface area contributed by atoms with Crippen molar-refractivity contribution in [1.82, 2.24) is 4.98 Å². The summed E-state index contributed by atoms with van der Waals surface area (Å²) < 4.78 is 4.95. The van der Waals surface area contributed by atoms with Gasteiger partial charge in [0.1, 0.15) is 0 Å². The van der Waals surface area contributed by atoms with E-state index in [1.807, 2.05) is 0 Å². The molecule has 1 aromatic heterocycles. The Bertz CT molecular complexity index is 626. The molecule has 0 N–H and O–H groups in total. The number of hydrogen-bond acceptors (Lipinski definition) is 3. The van der Waals surface area contributed by atoms with Gasteiger partial charge in [-0.15, -0.1) is 0 Å². The van der Waals surface area contributed by atoms with Gasteiger partial charge in [0, 0.05) is 16.0 Å². The molecule has 0 saturated heterocycles. The number of aromatic nitrogens is 1. The van der Waals surface area contributed by atoms with Crippen LogP contribution in [0, 0.1) is 6.92 Å². The second kappa shape index (κ2) is 5.12. The number of benzene rings is 1. The van der Waals surface area contributed by atoms with Crippen LogP contribution in [0.3, 0.4) is 0 Å². The van der Waals surface area contributed by atoms with E-state index in [0.29, 0.717) is 27.7 Å². The van der Waals surface area contributed by atoms with Gasteiger partial charge in [0.15, 0.2) is 5.69 Å². The number of carbonyl (C=O) groups excluding carboxylic acids is 1. The lowest BCUT2D eigenvalue weighted by atomic mass is 10.1. The summed E-state index contributed by atoms with van der Waals surface area (Å²) in [6.07, 6.45) is 0. The van der Waals surface area contributed by atoms with Crippen molar-refractivity contribution in [2.45, 2.75) is 13.8 Å². The molecule has 0 fully saturated rings. The van der Waals surface area contributed by atoms with E-state index < -0.39 is 5.97 Å². The van der Waals surface area contributed by atoms with E-state index in [1.54, 1.807) is 32.0 Å². The molecule has 2 aromatic rings. The van der Waals surface area contributed by atoms with Crippen LogP contribution in [-0.2, 0) is 4.74 Å². The molecule has 0 bridgehead atoms. The molecule has 18 heavy (non-hydrogen) atoms. The highest BCUT2D eigenvalue weighted by Gasteiger charge is 2.17. The molecule has 0 aliphatic carbocycles. The molecule has 0 spiro atoms. The number of halogens is 2. The van der Waals surface area contributed by atoms with Crippen LogP contribution in [0.15, 0.2) is 18.2 Å². The molecule has 0 amide bonds. The number of pyridine rings is 1. The summed E-state index contributed by atoms with van der Waals surface area (Å²) in [6, 6.07) is 5.20. The largest absolute Gasteiger partial charge is 0.461 e. The summed E-state index contributed by atoms with van der Waals surface area (Å²) in [6.45, 7) is 3.79. The monoisotopic (exact) mass is 283 g/mol. The highest BCUT2D eigenvalue weighted by atomic mass is 35.5. The van der Waals surface area contributed by atoms with Gasteiger partial charge in [0.05, 0.1) is 17.1 Å². The Balaban J connectivity index is 2.68. The average Bonchev–Trinajstić information content (AvgIpc) is 2.33. The average molecular weight is 284 g/mol. The van der Waals surface area contributed by atoms with Crippen LogP contribution in [0.25, 0.3) is 10.9 Å². The van der Waals surface area contributed by atoms with E-state index in [2.05, 4.69) is 4.98 Å². The fourth-order valence-electron chi connectivity index (χ4n) is 1.69. The molecule has 0 saturated carbocycles. The van der Waals surface area contributed by atoms with Crippen LogP contribution in [0.1, 0.15) is 23.0 Å². The van der Waals surface area contributed by atoms with Gasteiger partial charge in [-0.2, -0.15) is 0 Å². The first-order valence-electron chi connectivity index (χ1n) is 5.47. The van der Waals surface area contributed by atoms with Gasteiger partial charge in [-0.25, -0.2) is 9.78 Å². The Kier molecular flexibility index (Phi) is 3.73. The van der Waals surface area contributed by atoms with Crippen LogP contribution in [0.4, 0.5) is 0 Å². The Morgan fingerprint density at radius 2 is 2.11 bits per heavy atom. The minimum Gasteiger partial charge on any atom is -0.461 e. The Labute approximate surface area is 115 Å². The highest BCUT2D eigenvalue weighted by Crippen LogP contribution is 2.29. The molecule has 94 valence electrons. The smallest absolute Gasteiger partial charge is 0.357 e. The minimum absolute atomic E-state index is 0.233. The van der Waals surface area contributed by atoms with Gasteiger partial charge in [0.25, 0.3) is 0 Å². The topological polar surface area (TPSA) is 39.2 Å².